The summed E-state index contributed by atoms with van der Waals surface area (Å²) in [6, 6.07) is 12.4. The lowest BCUT2D eigenvalue weighted by Crippen LogP contribution is -2.06. The SMILES string of the molecule is Fc1ccc2nc(CCl)n(CCc3ccccc3)c2c1F. The summed E-state index contributed by atoms with van der Waals surface area (Å²) >= 11 is 5.88. The van der Waals surface area contributed by atoms with Crippen LogP contribution in [0.1, 0.15) is 11.4 Å². The lowest BCUT2D eigenvalue weighted by atomic mass is 10.1. The average molecular weight is 307 g/mol. The van der Waals surface area contributed by atoms with Gasteiger partial charge < -0.3 is 4.57 Å². The number of alkyl halides is 1. The van der Waals surface area contributed by atoms with Crippen molar-refractivity contribution in [2.45, 2.75) is 18.8 Å². The molecule has 0 saturated carbocycles. The molecule has 3 aromatic rings. The minimum atomic E-state index is -0.871. The van der Waals surface area contributed by atoms with Gasteiger partial charge in [-0.05, 0) is 24.1 Å². The first kappa shape index (κ1) is 14.0. The zero-order valence-electron chi connectivity index (χ0n) is 11.2. The Hall–Kier alpha value is -1.94. The number of hydrogen-bond donors (Lipinski definition) is 0. The smallest absolute Gasteiger partial charge is 0.184 e. The van der Waals surface area contributed by atoms with Crippen LogP contribution in [0, 0.1) is 11.6 Å². The van der Waals surface area contributed by atoms with Crippen molar-refractivity contribution in [1.29, 1.82) is 0 Å². The Labute approximate surface area is 126 Å². The maximum Gasteiger partial charge on any atom is 0.184 e. The molecular formula is C16H13ClF2N2. The number of imidazole rings is 1. The molecule has 21 heavy (non-hydrogen) atoms. The van der Waals surface area contributed by atoms with Gasteiger partial charge in [0.25, 0.3) is 0 Å². The lowest BCUT2D eigenvalue weighted by Gasteiger charge is -2.08. The molecule has 0 bridgehead atoms. The zero-order chi connectivity index (χ0) is 14.8. The molecule has 5 heteroatoms. The highest BCUT2D eigenvalue weighted by Crippen LogP contribution is 2.23. The van der Waals surface area contributed by atoms with Crippen LogP contribution in [0.5, 0.6) is 0 Å². The molecule has 0 radical (unpaired) electrons. The molecule has 3 rings (SSSR count). The van der Waals surface area contributed by atoms with Crippen LogP contribution in [-0.4, -0.2) is 9.55 Å². The third-order valence-corrected chi connectivity index (χ3v) is 3.70. The summed E-state index contributed by atoms with van der Waals surface area (Å²) in [5, 5.41) is 0. The van der Waals surface area contributed by atoms with Crippen molar-refractivity contribution >= 4 is 22.6 Å². The molecule has 0 atom stereocenters. The van der Waals surface area contributed by atoms with Crippen LogP contribution in [0.15, 0.2) is 42.5 Å². The van der Waals surface area contributed by atoms with Crippen molar-refractivity contribution in [3.05, 3.63) is 65.5 Å². The second kappa shape index (κ2) is 5.82. The van der Waals surface area contributed by atoms with Crippen LogP contribution in [0.4, 0.5) is 8.78 Å². The third-order valence-electron chi connectivity index (χ3n) is 3.47. The Morgan fingerprint density at radius 1 is 1.05 bits per heavy atom. The molecule has 0 saturated heterocycles. The van der Waals surface area contributed by atoms with Crippen molar-refractivity contribution in [3.63, 3.8) is 0 Å². The average Bonchev–Trinajstić information content (AvgIpc) is 2.88. The highest BCUT2D eigenvalue weighted by atomic mass is 35.5. The molecule has 1 heterocycles. The number of rotatable bonds is 4. The van der Waals surface area contributed by atoms with Crippen molar-refractivity contribution < 1.29 is 8.78 Å². The van der Waals surface area contributed by atoms with Gasteiger partial charge in [-0.3, -0.25) is 0 Å². The summed E-state index contributed by atoms with van der Waals surface area (Å²) in [7, 11) is 0. The Bertz CT molecular complexity index is 769. The predicted molar refractivity (Wildman–Crippen MR) is 79.4 cm³/mol. The number of benzene rings is 2. The topological polar surface area (TPSA) is 17.8 Å². The van der Waals surface area contributed by atoms with E-state index in [2.05, 4.69) is 4.98 Å². The lowest BCUT2D eigenvalue weighted by molar-refractivity contribution is 0.510. The maximum atomic E-state index is 14.1. The Morgan fingerprint density at radius 2 is 1.81 bits per heavy atom. The van der Waals surface area contributed by atoms with Gasteiger partial charge in [0.05, 0.1) is 11.4 Å². The van der Waals surface area contributed by atoms with E-state index in [9.17, 15) is 8.78 Å². The number of halogens is 3. The van der Waals surface area contributed by atoms with Crippen molar-refractivity contribution in [1.82, 2.24) is 9.55 Å². The first-order valence-corrected chi connectivity index (χ1v) is 7.17. The molecule has 0 amide bonds. The van der Waals surface area contributed by atoms with E-state index in [0.29, 0.717) is 24.3 Å². The summed E-state index contributed by atoms with van der Waals surface area (Å²) < 4.78 is 29.2. The van der Waals surface area contributed by atoms with Gasteiger partial charge in [0.15, 0.2) is 11.6 Å². The van der Waals surface area contributed by atoms with Gasteiger partial charge in [0.1, 0.15) is 11.3 Å². The predicted octanol–water partition coefficient (Wildman–Crippen LogP) is 4.30. The van der Waals surface area contributed by atoms with Gasteiger partial charge in [0.2, 0.25) is 0 Å². The molecule has 0 spiro atoms. The van der Waals surface area contributed by atoms with Crippen molar-refractivity contribution in [2.75, 3.05) is 0 Å². The monoisotopic (exact) mass is 306 g/mol. The molecular weight excluding hydrogens is 294 g/mol. The fraction of sp³-hybridized carbons (Fsp3) is 0.188. The number of fused-ring (bicyclic) bond motifs is 1. The minimum absolute atomic E-state index is 0.157. The van der Waals surface area contributed by atoms with E-state index in [1.54, 1.807) is 4.57 Å². The fourth-order valence-electron chi connectivity index (χ4n) is 2.43. The molecule has 0 aliphatic rings. The van der Waals surface area contributed by atoms with Gasteiger partial charge in [-0.25, -0.2) is 13.8 Å². The molecule has 0 unspecified atom stereocenters. The number of nitrogens with zero attached hydrogens (tertiary/aromatic N) is 2. The van der Waals surface area contributed by atoms with E-state index in [1.807, 2.05) is 30.3 Å². The molecule has 0 N–H and O–H groups in total. The quantitative estimate of drug-likeness (QED) is 0.657. The van der Waals surface area contributed by atoms with E-state index < -0.39 is 11.6 Å². The number of aromatic nitrogens is 2. The molecule has 0 fully saturated rings. The van der Waals surface area contributed by atoms with Gasteiger partial charge in [-0.15, -0.1) is 11.6 Å². The zero-order valence-corrected chi connectivity index (χ0v) is 11.9. The molecule has 108 valence electrons. The van der Waals surface area contributed by atoms with E-state index in [-0.39, 0.29) is 11.4 Å². The van der Waals surface area contributed by atoms with E-state index in [4.69, 9.17) is 11.6 Å². The van der Waals surface area contributed by atoms with Crippen LogP contribution >= 0.6 is 11.6 Å². The summed E-state index contributed by atoms with van der Waals surface area (Å²) in [4.78, 5) is 4.27. The second-order valence-corrected chi connectivity index (χ2v) is 5.05. The Morgan fingerprint density at radius 3 is 2.52 bits per heavy atom. The van der Waals surface area contributed by atoms with Crippen LogP contribution in [-0.2, 0) is 18.8 Å². The standard InChI is InChI=1S/C16H13ClF2N2/c17-10-14-20-13-7-6-12(18)15(19)16(13)21(14)9-8-11-4-2-1-3-5-11/h1-7H,8-10H2. The van der Waals surface area contributed by atoms with Crippen LogP contribution in [0.3, 0.4) is 0 Å². The molecule has 2 aromatic carbocycles. The highest BCUT2D eigenvalue weighted by molar-refractivity contribution is 6.16. The fourth-order valence-corrected chi connectivity index (χ4v) is 2.64. The van der Waals surface area contributed by atoms with Gasteiger partial charge in [-0.2, -0.15) is 0 Å². The summed E-state index contributed by atoms with van der Waals surface area (Å²) in [5.41, 5.74) is 1.73. The molecule has 0 aliphatic heterocycles. The summed E-state index contributed by atoms with van der Waals surface area (Å²) in [6.45, 7) is 0.503. The van der Waals surface area contributed by atoms with Crippen LogP contribution in [0.25, 0.3) is 11.0 Å². The Balaban J connectivity index is 2.02. The Kier molecular flexibility index (Phi) is 3.88. The summed E-state index contributed by atoms with van der Waals surface area (Å²) in [6.07, 6.45) is 0.701. The first-order valence-electron chi connectivity index (χ1n) is 6.63. The minimum Gasteiger partial charge on any atom is -0.324 e. The second-order valence-electron chi connectivity index (χ2n) is 4.78. The largest absolute Gasteiger partial charge is 0.324 e. The van der Waals surface area contributed by atoms with E-state index >= 15 is 0 Å². The molecule has 1 aromatic heterocycles. The highest BCUT2D eigenvalue weighted by Gasteiger charge is 2.16. The van der Waals surface area contributed by atoms with Crippen molar-refractivity contribution in [3.8, 4) is 0 Å². The summed E-state index contributed by atoms with van der Waals surface area (Å²) in [5.74, 6) is -1.04. The van der Waals surface area contributed by atoms with Gasteiger partial charge in [-0.1, -0.05) is 30.3 Å². The normalized spacial score (nSPS) is 11.2. The number of hydrogen-bond acceptors (Lipinski definition) is 1. The number of aryl methyl sites for hydroxylation is 2. The molecule has 0 aliphatic carbocycles. The molecule has 2 nitrogen and oxygen atoms in total. The van der Waals surface area contributed by atoms with Gasteiger partial charge >= 0.3 is 0 Å². The van der Waals surface area contributed by atoms with Gasteiger partial charge in [0, 0.05) is 6.54 Å². The van der Waals surface area contributed by atoms with Crippen LogP contribution < -0.4 is 0 Å². The van der Waals surface area contributed by atoms with Crippen molar-refractivity contribution in [2.24, 2.45) is 0 Å². The first-order chi connectivity index (χ1) is 10.2. The van der Waals surface area contributed by atoms with E-state index in [0.717, 1.165) is 11.6 Å². The maximum absolute atomic E-state index is 14.1. The van der Waals surface area contributed by atoms with Crippen LogP contribution in [0.2, 0.25) is 0 Å². The van der Waals surface area contributed by atoms with E-state index in [1.165, 1.54) is 6.07 Å². The third kappa shape index (κ3) is 2.63.